The van der Waals surface area contributed by atoms with Crippen LogP contribution in [-0.4, -0.2) is 25.0 Å². The summed E-state index contributed by atoms with van der Waals surface area (Å²) in [6.07, 6.45) is 7.52. The van der Waals surface area contributed by atoms with E-state index in [-0.39, 0.29) is 0 Å². The first-order valence-electron chi connectivity index (χ1n) is 4.38. The fraction of sp³-hybridized carbons (Fsp3) is 1.00. The normalized spacial score (nSPS) is 30.3. The Morgan fingerprint density at radius 3 is 2.10 bits per heavy atom. The van der Waals surface area contributed by atoms with Crippen molar-refractivity contribution in [3.05, 3.63) is 0 Å². The Hall–Kier alpha value is -0.0400. The van der Waals surface area contributed by atoms with E-state index < -0.39 is 0 Å². The summed E-state index contributed by atoms with van der Waals surface area (Å²) in [5.74, 6) is 0. The number of nitrogens with zero attached hydrogens (tertiary/aromatic N) is 1. The van der Waals surface area contributed by atoms with E-state index >= 15 is 0 Å². The van der Waals surface area contributed by atoms with Crippen LogP contribution >= 0.6 is 0 Å². The van der Waals surface area contributed by atoms with Gasteiger partial charge in [0, 0.05) is 6.04 Å². The van der Waals surface area contributed by atoms with Crippen molar-refractivity contribution >= 4 is 0 Å². The van der Waals surface area contributed by atoms with Gasteiger partial charge in [-0.3, -0.25) is 0 Å². The minimum atomic E-state index is 0.856. The predicted octanol–water partition coefficient (Wildman–Crippen LogP) is 1.88. The van der Waals surface area contributed by atoms with Gasteiger partial charge in [0.15, 0.2) is 0 Å². The van der Waals surface area contributed by atoms with E-state index in [4.69, 9.17) is 0 Å². The van der Waals surface area contributed by atoms with Gasteiger partial charge in [-0.15, -0.1) is 0 Å². The van der Waals surface area contributed by atoms with Crippen LogP contribution in [0.1, 0.15) is 32.1 Å². The van der Waals surface area contributed by atoms with Crippen LogP contribution in [0.3, 0.4) is 0 Å². The SMILES string of the molecule is CN(C)C1CC2(CCC2)C1. The van der Waals surface area contributed by atoms with Crippen molar-refractivity contribution in [3.63, 3.8) is 0 Å². The van der Waals surface area contributed by atoms with E-state index in [1.54, 1.807) is 0 Å². The highest BCUT2D eigenvalue weighted by atomic mass is 15.1. The molecule has 0 amide bonds. The second kappa shape index (κ2) is 1.97. The van der Waals surface area contributed by atoms with Crippen LogP contribution < -0.4 is 0 Å². The summed E-state index contributed by atoms with van der Waals surface area (Å²) in [7, 11) is 4.41. The standard InChI is InChI=1S/C9H17N/c1-10(2)8-6-9(7-8)4-3-5-9/h8H,3-7H2,1-2H3. The van der Waals surface area contributed by atoms with Gasteiger partial charge in [0.25, 0.3) is 0 Å². The Kier molecular flexibility index (Phi) is 1.31. The molecule has 0 aromatic carbocycles. The zero-order chi connectivity index (χ0) is 7.19. The van der Waals surface area contributed by atoms with Gasteiger partial charge in [-0.25, -0.2) is 0 Å². The maximum atomic E-state index is 2.38. The molecule has 2 aliphatic carbocycles. The number of hydrogen-bond donors (Lipinski definition) is 0. The lowest BCUT2D eigenvalue weighted by atomic mass is 9.54. The Labute approximate surface area is 63.4 Å². The molecule has 2 rings (SSSR count). The summed E-state index contributed by atoms with van der Waals surface area (Å²) < 4.78 is 0. The summed E-state index contributed by atoms with van der Waals surface area (Å²) in [4.78, 5) is 2.38. The highest BCUT2D eigenvalue weighted by Gasteiger charge is 2.48. The second-order valence-corrected chi connectivity index (χ2v) is 4.38. The molecule has 0 N–H and O–H groups in total. The van der Waals surface area contributed by atoms with Gasteiger partial charge in [-0.2, -0.15) is 0 Å². The van der Waals surface area contributed by atoms with Crippen LogP contribution in [0.2, 0.25) is 0 Å². The van der Waals surface area contributed by atoms with Crippen LogP contribution in [0, 0.1) is 5.41 Å². The second-order valence-electron chi connectivity index (χ2n) is 4.38. The Morgan fingerprint density at radius 1 is 1.20 bits per heavy atom. The Bertz CT molecular complexity index is 128. The highest BCUT2D eigenvalue weighted by molar-refractivity contribution is 5.01. The minimum absolute atomic E-state index is 0.856. The molecule has 0 saturated heterocycles. The number of rotatable bonds is 1. The average Bonchev–Trinajstić information content (AvgIpc) is 1.54. The first-order valence-corrected chi connectivity index (χ1v) is 4.38. The summed E-state index contributed by atoms with van der Waals surface area (Å²) in [5, 5.41) is 0. The molecule has 0 bridgehead atoms. The van der Waals surface area contributed by atoms with Crippen LogP contribution in [0.25, 0.3) is 0 Å². The zero-order valence-corrected chi connectivity index (χ0v) is 7.06. The van der Waals surface area contributed by atoms with Crippen LogP contribution in [-0.2, 0) is 0 Å². The summed E-state index contributed by atoms with van der Waals surface area (Å²) >= 11 is 0. The van der Waals surface area contributed by atoms with Gasteiger partial charge in [0.2, 0.25) is 0 Å². The van der Waals surface area contributed by atoms with Gasteiger partial charge in [-0.05, 0) is 45.2 Å². The molecule has 2 saturated carbocycles. The highest BCUT2D eigenvalue weighted by Crippen LogP contribution is 2.56. The van der Waals surface area contributed by atoms with Gasteiger partial charge in [0.05, 0.1) is 0 Å². The molecular formula is C9H17N. The lowest BCUT2D eigenvalue weighted by Gasteiger charge is -2.56. The summed E-state index contributed by atoms with van der Waals surface area (Å²) in [5.41, 5.74) is 0.856. The van der Waals surface area contributed by atoms with Crippen molar-refractivity contribution in [3.8, 4) is 0 Å². The first kappa shape index (κ1) is 6.66. The quantitative estimate of drug-likeness (QED) is 0.536. The smallest absolute Gasteiger partial charge is 0.00997 e. The summed E-state index contributed by atoms with van der Waals surface area (Å²) in [6, 6.07) is 0.917. The molecule has 0 aromatic rings. The molecule has 2 aliphatic rings. The first-order chi connectivity index (χ1) is 4.72. The third kappa shape index (κ3) is 0.800. The zero-order valence-electron chi connectivity index (χ0n) is 7.06. The van der Waals surface area contributed by atoms with Crippen molar-refractivity contribution in [2.45, 2.75) is 38.1 Å². The topological polar surface area (TPSA) is 3.24 Å². The molecular weight excluding hydrogens is 122 g/mol. The third-order valence-electron chi connectivity index (χ3n) is 3.48. The Balaban J connectivity index is 1.82. The molecule has 1 nitrogen and oxygen atoms in total. The third-order valence-corrected chi connectivity index (χ3v) is 3.48. The van der Waals surface area contributed by atoms with Crippen LogP contribution in [0.5, 0.6) is 0 Å². The minimum Gasteiger partial charge on any atom is -0.306 e. The predicted molar refractivity (Wildman–Crippen MR) is 43.0 cm³/mol. The molecule has 0 radical (unpaired) electrons. The Morgan fingerprint density at radius 2 is 1.80 bits per heavy atom. The molecule has 58 valence electrons. The molecule has 2 fully saturated rings. The fourth-order valence-electron chi connectivity index (χ4n) is 2.39. The van der Waals surface area contributed by atoms with Crippen molar-refractivity contribution in [2.75, 3.05) is 14.1 Å². The molecule has 10 heavy (non-hydrogen) atoms. The van der Waals surface area contributed by atoms with E-state index in [9.17, 15) is 0 Å². The monoisotopic (exact) mass is 139 g/mol. The molecule has 0 aliphatic heterocycles. The molecule has 0 unspecified atom stereocenters. The maximum Gasteiger partial charge on any atom is 0.00997 e. The molecule has 0 atom stereocenters. The van der Waals surface area contributed by atoms with Crippen molar-refractivity contribution in [2.24, 2.45) is 5.41 Å². The lowest BCUT2D eigenvalue weighted by Crippen LogP contribution is -2.51. The fourth-order valence-corrected chi connectivity index (χ4v) is 2.39. The number of hydrogen-bond acceptors (Lipinski definition) is 1. The van der Waals surface area contributed by atoms with Crippen LogP contribution in [0.4, 0.5) is 0 Å². The van der Waals surface area contributed by atoms with Gasteiger partial charge < -0.3 is 4.90 Å². The van der Waals surface area contributed by atoms with E-state index in [1.807, 2.05) is 0 Å². The van der Waals surface area contributed by atoms with E-state index in [0.717, 1.165) is 11.5 Å². The molecule has 0 aromatic heterocycles. The van der Waals surface area contributed by atoms with E-state index in [2.05, 4.69) is 19.0 Å². The van der Waals surface area contributed by atoms with Gasteiger partial charge >= 0.3 is 0 Å². The van der Waals surface area contributed by atoms with Crippen molar-refractivity contribution in [1.82, 2.24) is 4.90 Å². The van der Waals surface area contributed by atoms with Gasteiger partial charge in [0.1, 0.15) is 0 Å². The summed E-state index contributed by atoms with van der Waals surface area (Å²) in [6.45, 7) is 0. The largest absolute Gasteiger partial charge is 0.306 e. The maximum absolute atomic E-state index is 2.38. The van der Waals surface area contributed by atoms with Gasteiger partial charge in [-0.1, -0.05) is 6.42 Å². The van der Waals surface area contributed by atoms with E-state index in [1.165, 1.54) is 32.1 Å². The van der Waals surface area contributed by atoms with Crippen molar-refractivity contribution in [1.29, 1.82) is 0 Å². The lowest BCUT2D eigenvalue weighted by molar-refractivity contribution is -0.0390. The van der Waals surface area contributed by atoms with E-state index in [0.29, 0.717) is 0 Å². The molecule has 0 heterocycles. The molecule has 1 heteroatoms. The average molecular weight is 139 g/mol. The van der Waals surface area contributed by atoms with Crippen LogP contribution in [0.15, 0.2) is 0 Å². The molecule has 1 spiro atoms. The van der Waals surface area contributed by atoms with Crippen molar-refractivity contribution < 1.29 is 0 Å².